The van der Waals surface area contributed by atoms with Gasteiger partial charge in [-0.2, -0.15) is 0 Å². The van der Waals surface area contributed by atoms with E-state index in [1.165, 1.54) is 0 Å². The highest BCUT2D eigenvalue weighted by atomic mass is 32.2. The summed E-state index contributed by atoms with van der Waals surface area (Å²) >= 11 is 0. The Morgan fingerprint density at radius 1 is 1.40 bits per heavy atom. The van der Waals surface area contributed by atoms with E-state index in [0.717, 1.165) is 7.11 Å². The second kappa shape index (κ2) is 4.15. The number of hydrogen-bond donors (Lipinski definition) is 2. The predicted molar refractivity (Wildman–Crippen MR) is 48.6 cm³/mol. The number of aliphatic hydroxyl groups is 1. The molecule has 0 aromatic heterocycles. The highest BCUT2D eigenvalue weighted by Crippen LogP contribution is 2.12. The van der Waals surface area contributed by atoms with E-state index in [4.69, 9.17) is 0 Å². The van der Waals surface area contributed by atoms with Gasteiger partial charge in [0.1, 0.15) is 0 Å². The zero-order chi connectivity index (χ0) is 11.6. The van der Waals surface area contributed by atoms with Gasteiger partial charge >= 0.3 is 11.9 Å². The molecule has 1 aliphatic rings. The van der Waals surface area contributed by atoms with Crippen LogP contribution in [0.15, 0.2) is 0 Å². The molecule has 1 heterocycles. The van der Waals surface area contributed by atoms with Crippen LogP contribution in [0.3, 0.4) is 0 Å². The van der Waals surface area contributed by atoms with Crippen molar-refractivity contribution in [2.45, 2.75) is 12.1 Å². The number of nitrogens with one attached hydrogen (secondary N) is 1. The summed E-state index contributed by atoms with van der Waals surface area (Å²) in [4.78, 5) is 21.7. The Morgan fingerprint density at radius 3 is 2.40 bits per heavy atom. The molecule has 1 saturated heterocycles. The van der Waals surface area contributed by atoms with Gasteiger partial charge in [0.15, 0.2) is 9.84 Å². The summed E-state index contributed by atoms with van der Waals surface area (Å²) < 4.78 is 26.2. The van der Waals surface area contributed by atoms with Crippen molar-refractivity contribution in [3.8, 4) is 0 Å². The van der Waals surface area contributed by atoms with Crippen LogP contribution in [-0.4, -0.2) is 56.2 Å². The second-order valence-electron chi connectivity index (χ2n) is 3.22. The summed E-state index contributed by atoms with van der Waals surface area (Å²) in [5, 5.41) is 11.4. The molecule has 1 rings (SSSR count). The summed E-state index contributed by atoms with van der Waals surface area (Å²) in [5.41, 5.74) is 0. The number of ether oxygens (including phenoxy) is 1. The first kappa shape index (κ1) is 11.9. The number of methoxy groups -OCH3 is 1. The zero-order valence-electron chi connectivity index (χ0n) is 7.97. The summed E-state index contributed by atoms with van der Waals surface area (Å²) in [6.45, 7) is 0. The van der Waals surface area contributed by atoms with Crippen LogP contribution in [-0.2, 0) is 24.2 Å². The maximum absolute atomic E-state index is 11.0. The van der Waals surface area contributed by atoms with Crippen molar-refractivity contribution in [3.05, 3.63) is 0 Å². The molecule has 0 aromatic rings. The minimum Gasteiger partial charge on any atom is -0.462 e. The summed E-state index contributed by atoms with van der Waals surface area (Å²) in [6, 6.07) is -0.943. The Hall–Kier alpha value is -1.15. The van der Waals surface area contributed by atoms with E-state index in [9.17, 15) is 23.1 Å². The van der Waals surface area contributed by atoms with Crippen LogP contribution >= 0.6 is 0 Å². The molecule has 2 unspecified atom stereocenters. The maximum Gasteiger partial charge on any atom is 0.396 e. The fourth-order valence-electron chi connectivity index (χ4n) is 1.29. The third kappa shape index (κ3) is 2.90. The van der Waals surface area contributed by atoms with Gasteiger partial charge < -0.3 is 15.2 Å². The molecule has 86 valence electrons. The van der Waals surface area contributed by atoms with Gasteiger partial charge in [-0.15, -0.1) is 0 Å². The molecular weight excluding hydrogens is 226 g/mol. The number of esters is 1. The standard InChI is InChI=1S/C7H11NO6S/c1-14-7(11)6(10)8-4-2-15(12,13)3-5(4)9/h4-5,9H,2-3H2,1H3,(H,8,10). The highest BCUT2D eigenvalue weighted by molar-refractivity contribution is 7.91. The number of carbonyl (C=O) groups is 2. The first-order valence-corrected chi connectivity index (χ1v) is 5.95. The molecule has 2 atom stereocenters. The highest BCUT2D eigenvalue weighted by Gasteiger charge is 2.38. The summed E-state index contributed by atoms with van der Waals surface area (Å²) in [6.07, 6.45) is -1.18. The van der Waals surface area contributed by atoms with Gasteiger partial charge in [0.2, 0.25) is 0 Å². The van der Waals surface area contributed by atoms with Crippen molar-refractivity contribution in [2.75, 3.05) is 18.6 Å². The Balaban J connectivity index is 2.61. The number of carbonyl (C=O) groups excluding carboxylic acids is 2. The lowest BCUT2D eigenvalue weighted by molar-refractivity contribution is -0.153. The molecule has 0 bridgehead atoms. The molecule has 0 aliphatic carbocycles. The molecule has 8 heteroatoms. The van der Waals surface area contributed by atoms with Crippen molar-refractivity contribution in [1.82, 2.24) is 5.32 Å². The maximum atomic E-state index is 11.0. The molecule has 2 N–H and O–H groups in total. The first-order valence-electron chi connectivity index (χ1n) is 4.13. The first-order chi connectivity index (χ1) is 6.85. The van der Waals surface area contributed by atoms with E-state index in [1.807, 2.05) is 0 Å². The van der Waals surface area contributed by atoms with E-state index in [2.05, 4.69) is 10.1 Å². The van der Waals surface area contributed by atoms with Crippen LogP contribution in [0.25, 0.3) is 0 Å². The van der Waals surface area contributed by atoms with Crippen LogP contribution in [0.1, 0.15) is 0 Å². The topological polar surface area (TPSA) is 110 Å². The van der Waals surface area contributed by atoms with Crippen LogP contribution in [0.4, 0.5) is 0 Å². The van der Waals surface area contributed by atoms with Gasteiger partial charge in [0.25, 0.3) is 0 Å². The Bertz CT molecular complexity index is 375. The predicted octanol–water partition coefficient (Wildman–Crippen LogP) is -2.57. The van der Waals surface area contributed by atoms with Crippen LogP contribution in [0, 0.1) is 0 Å². The molecular formula is C7H11NO6S. The van der Waals surface area contributed by atoms with Crippen molar-refractivity contribution < 1.29 is 27.9 Å². The van der Waals surface area contributed by atoms with Gasteiger partial charge in [-0.3, -0.25) is 4.79 Å². The lowest BCUT2D eigenvalue weighted by Crippen LogP contribution is -2.45. The van der Waals surface area contributed by atoms with Crippen molar-refractivity contribution in [3.63, 3.8) is 0 Å². The monoisotopic (exact) mass is 237 g/mol. The normalized spacial score (nSPS) is 28.4. The molecule has 0 saturated carbocycles. The van der Waals surface area contributed by atoms with Crippen molar-refractivity contribution in [2.24, 2.45) is 0 Å². The molecule has 7 nitrogen and oxygen atoms in total. The Labute approximate surface area is 86.3 Å². The minimum atomic E-state index is -3.34. The molecule has 15 heavy (non-hydrogen) atoms. The fraction of sp³-hybridized carbons (Fsp3) is 0.714. The van der Waals surface area contributed by atoms with E-state index in [-0.39, 0.29) is 5.75 Å². The van der Waals surface area contributed by atoms with E-state index in [0.29, 0.717) is 0 Å². The van der Waals surface area contributed by atoms with Gasteiger partial charge in [0.05, 0.1) is 30.8 Å². The molecule has 1 fully saturated rings. The lowest BCUT2D eigenvalue weighted by atomic mass is 10.2. The lowest BCUT2D eigenvalue weighted by Gasteiger charge is -2.13. The fourth-order valence-corrected chi connectivity index (χ4v) is 3.03. The Kier molecular flexibility index (Phi) is 3.30. The van der Waals surface area contributed by atoms with Gasteiger partial charge in [-0.25, -0.2) is 13.2 Å². The van der Waals surface area contributed by atoms with E-state index in [1.54, 1.807) is 0 Å². The molecule has 0 radical (unpaired) electrons. The largest absolute Gasteiger partial charge is 0.462 e. The van der Waals surface area contributed by atoms with Crippen molar-refractivity contribution in [1.29, 1.82) is 0 Å². The quantitative estimate of drug-likeness (QED) is 0.383. The SMILES string of the molecule is COC(=O)C(=O)NC1CS(=O)(=O)CC1O. The third-order valence-electron chi connectivity index (χ3n) is 2.01. The van der Waals surface area contributed by atoms with Gasteiger partial charge in [-0.05, 0) is 0 Å². The summed E-state index contributed by atoms with van der Waals surface area (Å²) in [7, 11) is -2.31. The zero-order valence-corrected chi connectivity index (χ0v) is 8.78. The average Bonchev–Trinajstić information content (AvgIpc) is 2.38. The number of aliphatic hydroxyl groups excluding tert-OH is 1. The molecule has 1 amide bonds. The molecule has 0 spiro atoms. The Morgan fingerprint density at radius 2 is 2.00 bits per heavy atom. The second-order valence-corrected chi connectivity index (χ2v) is 5.37. The van der Waals surface area contributed by atoms with E-state index >= 15 is 0 Å². The molecule has 1 aliphatic heterocycles. The number of hydrogen-bond acceptors (Lipinski definition) is 6. The smallest absolute Gasteiger partial charge is 0.396 e. The van der Waals surface area contributed by atoms with Crippen molar-refractivity contribution >= 4 is 21.7 Å². The number of sulfone groups is 1. The number of amides is 1. The van der Waals surface area contributed by atoms with Gasteiger partial charge in [-0.1, -0.05) is 0 Å². The average molecular weight is 237 g/mol. The van der Waals surface area contributed by atoms with Crippen LogP contribution in [0.2, 0.25) is 0 Å². The third-order valence-corrected chi connectivity index (χ3v) is 3.73. The van der Waals surface area contributed by atoms with Crippen LogP contribution in [0.5, 0.6) is 0 Å². The summed E-state index contributed by atoms with van der Waals surface area (Å²) in [5.74, 6) is -2.94. The number of rotatable bonds is 1. The van der Waals surface area contributed by atoms with E-state index < -0.39 is 39.6 Å². The van der Waals surface area contributed by atoms with Gasteiger partial charge in [0, 0.05) is 0 Å². The van der Waals surface area contributed by atoms with Crippen LogP contribution < -0.4 is 5.32 Å². The minimum absolute atomic E-state index is 0.364. The molecule has 0 aromatic carbocycles.